The summed E-state index contributed by atoms with van der Waals surface area (Å²) < 4.78 is 0. The van der Waals surface area contributed by atoms with Crippen LogP contribution in [-0.2, 0) is 0 Å². The van der Waals surface area contributed by atoms with Crippen LogP contribution >= 0.6 is 0 Å². The van der Waals surface area contributed by atoms with E-state index in [-0.39, 0.29) is 22.8 Å². The lowest BCUT2D eigenvalue weighted by Gasteiger charge is -2.05. The molecule has 0 saturated heterocycles. The van der Waals surface area contributed by atoms with Crippen molar-refractivity contribution in [2.75, 3.05) is 0 Å². The zero-order chi connectivity index (χ0) is 12.4. The number of carbonyl (C=O) groups is 1. The van der Waals surface area contributed by atoms with Crippen LogP contribution in [-0.4, -0.2) is 21.0 Å². The molecule has 1 aromatic carbocycles. The van der Waals surface area contributed by atoms with Gasteiger partial charge in [0.15, 0.2) is 5.78 Å². The first-order valence-corrected chi connectivity index (χ1v) is 5.06. The Bertz CT molecular complexity index is 579. The van der Waals surface area contributed by atoms with Crippen molar-refractivity contribution >= 4 is 5.78 Å². The number of hydrogen-bond acceptors (Lipinski definition) is 4. The van der Waals surface area contributed by atoms with Crippen LogP contribution in [0.5, 0.6) is 11.5 Å². The Morgan fingerprint density at radius 1 is 1.12 bits per heavy atom. The normalized spacial score (nSPS) is 10.2. The molecule has 1 aromatic heterocycles. The van der Waals surface area contributed by atoms with E-state index in [1.807, 2.05) is 0 Å². The summed E-state index contributed by atoms with van der Waals surface area (Å²) in [5.74, 6) is -0.202. The van der Waals surface area contributed by atoms with Crippen LogP contribution in [0.4, 0.5) is 0 Å². The third-order valence-electron chi connectivity index (χ3n) is 2.43. The summed E-state index contributed by atoms with van der Waals surface area (Å²) in [6.45, 7) is 1.39. The molecule has 0 aliphatic heterocycles. The van der Waals surface area contributed by atoms with Crippen LogP contribution in [0.1, 0.15) is 17.3 Å². The van der Waals surface area contributed by atoms with E-state index in [9.17, 15) is 15.0 Å². The molecule has 2 aromatic rings. The van der Waals surface area contributed by atoms with Crippen molar-refractivity contribution in [2.45, 2.75) is 6.92 Å². The van der Waals surface area contributed by atoms with E-state index in [2.05, 4.69) is 4.98 Å². The molecule has 0 aliphatic rings. The van der Waals surface area contributed by atoms with Crippen LogP contribution in [0, 0.1) is 0 Å². The number of nitrogens with zero attached hydrogens (tertiary/aromatic N) is 1. The van der Waals surface area contributed by atoms with Gasteiger partial charge in [-0.25, -0.2) is 0 Å². The molecule has 4 nitrogen and oxygen atoms in total. The van der Waals surface area contributed by atoms with E-state index in [4.69, 9.17) is 0 Å². The number of phenols is 1. The second-order valence-corrected chi connectivity index (χ2v) is 3.72. The van der Waals surface area contributed by atoms with Crippen molar-refractivity contribution in [3.8, 4) is 22.6 Å². The zero-order valence-corrected chi connectivity index (χ0v) is 9.21. The number of rotatable bonds is 2. The molecular weight excluding hydrogens is 218 g/mol. The summed E-state index contributed by atoms with van der Waals surface area (Å²) in [4.78, 5) is 15.2. The highest BCUT2D eigenvalue weighted by Crippen LogP contribution is 2.27. The van der Waals surface area contributed by atoms with Gasteiger partial charge in [-0.15, -0.1) is 0 Å². The fraction of sp³-hybridized carbons (Fsp3) is 0.0769. The van der Waals surface area contributed by atoms with E-state index >= 15 is 0 Å². The van der Waals surface area contributed by atoms with Gasteiger partial charge in [-0.05, 0) is 30.7 Å². The quantitative estimate of drug-likeness (QED) is 0.775. The second-order valence-electron chi connectivity index (χ2n) is 3.72. The van der Waals surface area contributed by atoms with Gasteiger partial charge in [0.25, 0.3) is 0 Å². The molecule has 0 radical (unpaired) electrons. The largest absolute Gasteiger partial charge is 0.507 e. The van der Waals surface area contributed by atoms with Gasteiger partial charge >= 0.3 is 0 Å². The van der Waals surface area contributed by atoms with Gasteiger partial charge < -0.3 is 10.2 Å². The average molecular weight is 229 g/mol. The van der Waals surface area contributed by atoms with Crippen molar-refractivity contribution < 1.29 is 15.0 Å². The number of phenolic OH excluding ortho intramolecular Hbond substituents is 1. The Labute approximate surface area is 98.2 Å². The molecule has 0 saturated carbocycles. The van der Waals surface area contributed by atoms with Crippen LogP contribution in [0.3, 0.4) is 0 Å². The monoisotopic (exact) mass is 229 g/mol. The molecule has 2 rings (SSSR count). The fourth-order valence-electron chi connectivity index (χ4n) is 1.58. The Morgan fingerprint density at radius 2 is 1.88 bits per heavy atom. The number of benzene rings is 1. The van der Waals surface area contributed by atoms with Crippen molar-refractivity contribution in [2.24, 2.45) is 0 Å². The van der Waals surface area contributed by atoms with Crippen LogP contribution in [0.15, 0.2) is 36.7 Å². The van der Waals surface area contributed by atoms with Crippen LogP contribution in [0.25, 0.3) is 11.1 Å². The van der Waals surface area contributed by atoms with Gasteiger partial charge in [-0.3, -0.25) is 9.78 Å². The Morgan fingerprint density at radius 3 is 2.53 bits per heavy atom. The minimum Gasteiger partial charge on any atom is -0.507 e. The lowest BCUT2D eigenvalue weighted by molar-refractivity contribution is 0.101. The summed E-state index contributed by atoms with van der Waals surface area (Å²) >= 11 is 0. The minimum absolute atomic E-state index is 0.0469. The standard InChI is InChI=1S/C13H11NO3/c1-8(15)12-5-9(2-3-13(12)17)10-4-11(16)7-14-6-10/h2-7,16-17H,1H3. The topological polar surface area (TPSA) is 70.4 Å². The molecule has 4 heteroatoms. The molecule has 17 heavy (non-hydrogen) atoms. The number of aromatic hydroxyl groups is 2. The Hall–Kier alpha value is -2.36. The summed E-state index contributed by atoms with van der Waals surface area (Å²) in [5, 5.41) is 18.8. The first-order valence-electron chi connectivity index (χ1n) is 5.06. The lowest BCUT2D eigenvalue weighted by atomic mass is 10.0. The maximum atomic E-state index is 11.3. The fourth-order valence-corrected chi connectivity index (χ4v) is 1.58. The molecule has 1 heterocycles. The molecule has 0 bridgehead atoms. The van der Waals surface area contributed by atoms with Crippen molar-refractivity contribution in [1.29, 1.82) is 0 Å². The maximum absolute atomic E-state index is 11.3. The summed E-state index contributed by atoms with van der Waals surface area (Å²) in [7, 11) is 0. The van der Waals surface area contributed by atoms with E-state index in [1.54, 1.807) is 24.4 Å². The van der Waals surface area contributed by atoms with Gasteiger partial charge in [-0.2, -0.15) is 0 Å². The molecule has 0 amide bonds. The molecule has 2 N–H and O–H groups in total. The molecule has 86 valence electrons. The average Bonchev–Trinajstić information content (AvgIpc) is 2.29. The molecule has 0 aliphatic carbocycles. The van der Waals surface area contributed by atoms with Gasteiger partial charge in [-0.1, -0.05) is 6.07 Å². The van der Waals surface area contributed by atoms with E-state index in [0.29, 0.717) is 5.56 Å². The molecule has 0 spiro atoms. The highest BCUT2D eigenvalue weighted by atomic mass is 16.3. The van der Waals surface area contributed by atoms with Gasteiger partial charge in [0.1, 0.15) is 11.5 Å². The second kappa shape index (κ2) is 4.25. The summed E-state index contributed by atoms with van der Waals surface area (Å²) in [5.41, 5.74) is 1.66. The first kappa shape index (κ1) is 11.1. The van der Waals surface area contributed by atoms with Gasteiger partial charge in [0, 0.05) is 11.8 Å². The number of Topliss-reactive ketones (excluding diaryl/α,β-unsaturated/α-hetero) is 1. The van der Waals surface area contributed by atoms with E-state index in [1.165, 1.54) is 19.2 Å². The predicted molar refractivity (Wildman–Crippen MR) is 63.0 cm³/mol. The van der Waals surface area contributed by atoms with Crippen LogP contribution in [0.2, 0.25) is 0 Å². The molecular formula is C13H11NO3. The third kappa shape index (κ3) is 2.25. The molecule has 0 atom stereocenters. The number of pyridine rings is 1. The highest BCUT2D eigenvalue weighted by molar-refractivity contribution is 5.98. The number of carbonyl (C=O) groups excluding carboxylic acids is 1. The summed E-state index contributed by atoms with van der Waals surface area (Å²) in [6, 6.07) is 6.24. The SMILES string of the molecule is CC(=O)c1cc(-c2cncc(O)c2)ccc1O. The Balaban J connectivity index is 2.54. The summed E-state index contributed by atoms with van der Waals surface area (Å²) in [6.07, 6.45) is 2.91. The first-order chi connectivity index (χ1) is 8.08. The third-order valence-corrected chi connectivity index (χ3v) is 2.43. The van der Waals surface area contributed by atoms with Crippen molar-refractivity contribution in [3.05, 3.63) is 42.2 Å². The Kier molecular flexibility index (Phi) is 2.78. The van der Waals surface area contributed by atoms with Gasteiger partial charge in [0.05, 0.1) is 11.8 Å². The smallest absolute Gasteiger partial charge is 0.163 e. The van der Waals surface area contributed by atoms with Crippen molar-refractivity contribution in [1.82, 2.24) is 4.98 Å². The number of ketones is 1. The van der Waals surface area contributed by atoms with Crippen molar-refractivity contribution in [3.63, 3.8) is 0 Å². The lowest BCUT2D eigenvalue weighted by Crippen LogP contribution is -1.93. The van der Waals surface area contributed by atoms with E-state index in [0.717, 1.165) is 5.56 Å². The minimum atomic E-state index is -0.211. The number of aromatic nitrogens is 1. The van der Waals surface area contributed by atoms with E-state index < -0.39 is 0 Å². The predicted octanol–water partition coefficient (Wildman–Crippen LogP) is 2.36. The molecule has 0 unspecified atom stereocenters. The zero-order valence-electron chi connectivity index (χ0n) is 9.21. The molecule has 0 fully saturated rings. The number of hydrogen-bond donors (Lipinski definition) is 2. The van der Waals surface area contributed by atoms with Crippen LogP contribution < -0.4 is 0 Å². The van der Waals surface area contributed by atoms with Gasteiger partial charge in [0.2, 0.25) is 0 Å². The highest BCUT2D eigenvalue weighted by Gasteiger charge is 2.08. The maximum Gasteiger partial charge on any atom is 0.163 e.